The Kier molecular flexibility index (Phi) is 4.84. The molecule has 0 aromatic heterocycles. The smallest absolute Gasteiger partial charge is 0.416 e. The maximum atomic E-state index is 12.6. The number of benzene rings is 1. The van der Waals surface area contributed by atoms with Gasteiger partial charge in [0.15, 0.2) is 0 Å². The molecule has 1 aliphatic rings. The zero-order valence-electron chi connectivity index (χ0n) is 12.8. The molecule has 1 nitrogen and oxygen atoms in total. The highest BCUT2D eigenvalue weighted by Gasteiger charge is 2.33. The van der Waals surface area contributed by atoms with Crippen LogP contribution in [-0.2, 0) is 6.18 Å². The van der Waals surface area contributed by atoms with Gasteiger partial charge in [-0.15, -0.1) is 0 Å². The molecule has 3 atom stereocenters. The summed E-state index contributed by atoms with van der Waals surface area (Å²) in [7, 11) is 0. The van der Waals surface area contributed by atoms with E-state index in [9.17, 15) is 13.2 Å². The average Bonchev–Trinajstić information content (AvgIpc) is 2.38. The first kappa shape index (κ1) is 16.2. The maximum Gasteiger partial charge on any atom is 0.416 e. The van der Waals surface area contributed by atoms with E-state index in [1.807, 2.05) is 0 Å². The van der Waals surface area contributed by atoms with Crippen molar-refractivity contribution in [3.05, 3.63) is 29.8 Å². The molecule has 1 aromatic rings. The SMILES string of the molecule is CC(C)[C@@H]1CC[C@@H](C)C[C@H]1Oc1ccc(C(F)(F)F)cc1. The first-order valence-corrected chi connectivity index (χ1v) is 7.61. The predicted octanol–water partition coefficient (Wildman–Crippen LogP) is 5.55. The van der Waals surface area contributed by atoms with Gasteiger partial charge < -0.3 is 4.74 Å². The molecule has 1 fully saturated rings. The molecule has 2 rings (SSSR count). The third kappa shape index (κ3) is 4.14. The summed E-state index contributed by atoms with van der Waals surface area (Å²) in [6.45, 7) is 6.58. The monoisotopic (exact) mass is 300 g/mol. The lowest BCUT2D eigenvalue weighted by Gasteiger charge is -2.37. The summed E-state index contributed by atoms with van der Waals surface area (Å²) in [4.78, 5) is 0. The van der Waals surface area contributed by atoms with Crippen molar-refractivity contribution in [2.45, 2.75) is 52.3 Å². The number of halogens is 3. The fraction of sp³-hybridized carbons (Fsp3) is 0.647. The van der Waals surface area contributed by atoms with E-state index in [0.29, 0.717) is 23.5 Å². The number of hydrogen-bond donors (Lipinski definition) is 0. The zero-order valence-corrected chi connectivity index (χ0v) is 12.8. The summed E-state index contributed by atoms with van der Waals surface area (Å²) >= 11 is 0. The van der Waals surface area contributed by atoms with Crippen LogP contribution in [-0.4, -0.2) is 6.10 Å². The predicted molar refractivity (Wildman–Crippen MR) is 77.2 cm³/mol. The van der Waals surface area contributed by atoms with E-state index in [4.69, 9.17) is 4.74 Å². The average molecular weight is 300 g/mol. The molecule has 0 aliphatic heterocycles. The lowest BCUT2D eigenvalue weighted by atomic mass is 9.75. The van der Waals surface area contributed by atoms with Gasteiger partial charge in [-0.2, -0.15) is 13.2 Å². The topological polar surface area (TPSA) is 9.23 Å². The number of hydrogen-bond acceptors (Lipinski definition) is 1. The van der Waals surface area contributed by atoms with Crippen molar-refractivity contribution in [1.82, 2.24) is 0 Å². The van der Waals surface area contributed by atoms with Gasteiger partial charge in [-0.1, -0.05) is 27.2 Å². The van der Waals surface area contributed by atoms with Gasteiger partial charge in [0.1, 0.15) is 11.9 Å². The van der Waals surface area contributed by atoms with Crippen LogP contribution >= 0.6 is 0 Å². The third-order valence-electron chi connectivity index (χ3n) is 4.43. The number of ether oxygens (including phenoxy) is 1. The van der Waals surface area contributed by atoms with Gasteiger partial charge in [0.25, 0.3) is 0 Å². The molecule has 1 saturated carbocycles. The van der Waals surface area contributed by atoms with Crippen molar-refractivity contribution in [2.75, 3.05) is 0 Å². The molecule has 21 heavy (non-hydrogen) atoms. The van der Waals surface area contributed by atoms with Crippen LogP contribution in [0.1, 0.15) is 45.6 Å². The molecular formula is C17H23F3O. The highest BCUT2D eigenvalue weighted by atomic mass is 19.4. The number of alkyl halides is 3. The van der Waals surface area contributed by atoms with Crippen molar-refractivity contribution in [3.63, 3.8) is 0 Å². The molecule has 1 aromatic carbocycles. The van der Waals surface area contributed by atoms with Gasteiger partial charge >= 0.3 is 6.18 Å². The Bertz CT molecular complexity index is 450. The fourth-order valence-electron chi connectivity index (χ4n) is 3.15. The summed E-state index contributed by atoms with van der Waals surface area (Å²) in [6.07, 6.45) is -0.882. The molecule has 0 N–H and O–H groups in total. The lowest BCUT2D eigenvalue weighted by molar-refractivity contribution is -0.137. The summed E-state index contributed by atoms with van der Waals surface area (Å²) in [5.74, 6) is 2.15. The number of rotatable bonds is 3. The van der Waals surface area contributed by atoms with Gasteiger partial charge in [0, 0.05) is 0 Å². The molecule has 118 valence electrons. The van der Waals surface area contributed by atoms with Crippen molar-refractivity contribution in [3.8, 4) is 5.75 Å². The zero-order chi connectivity index (χ0) is 15.6. The second-order valence-corrected chi connectivity index (χ2v) is 6.50. The fourth-order valence-corrected chi connectivity index (χ4v) is 3.15. The van der Waals surface area contributed by atoms with Gasteiger partial charge in [-0.05, 0) is 54.9 Å². The van der Waals surface area contributed by atoms with E-state index in [2.05, 4.69) is 20.8 Å². The molecule has 0 amide bonds. The second-order valence-electron chi connectivity index (χ2n) is 6.50. The Morgan fingerprint density at radius 2 is 1.71 bits per heavy atom. The molecule has 0 radical (unpaired) electrons. The van der Waals surface area contributed by atoms with Crippen LogP contribution in [0.25, 0.3) is 0 Å². The van der Waals surface area contributed by atoms with E-state index in [-0.39, 0.29) is 6.10 Å². The van der Waals surface area contributed by atoms with Crippen molar-refractivity contribution >= 4 is 0 Å². The molecular weight excluding hydrogens is 277 g/mol. The Balaban J connectivity index is 2.08. The van der Waals surface area contributed by atoms with Crippen LogP contribution in [0.2, 0.25) is 0 Å². The summed E-state index contributed by atoms with van der Waals surface area (Å²) in [5, 5.41) is 0. The molecule has 0 heterocycles. The molecule has 0 saturated heterocycles. The molecule has 1 aliphatic carbocycles. The molecule has 0 bridgehead atoms. The summed E-state index contributed by atoms with van der Waals surface area (Å²) < 4.78 is 43.7. The minimum absolute atomic E-state index is 0.102. The van der Waals surface area contributed by atoms with Crippen LogP contribution in [0.4, 0.5) is 13.2 Å². The largest absolute Gasteiger partial charge is 0.490 e. The first-order chi connectivity index (χ1) is 9.77. The van der Waals surface area contributed by atoms with Crippen LogP contribution in [0, 0.1) is 17.8 Å². The maximum absolute atomic E-state index is 12.6. The van der Waals surface area contributed by atoms with E-state index in [1.165, 1.54) is 18.6 Å². The van der Waals surface area contributed by atoms with Gasteiger partial charge in [-0.25, -0.2) is 0 Å². The molecule has 0 spiro atoms. The third-order valence-corrected chi connectivity index (χ3v) is 4.43. The van der Waals surface area contributed by atoms with Crippen LogP contribution in [0.5, 0.6) is 5.75 Å². The van der Waals surface area contributed by atoms with Gasteiger partial charge in [0.05, 0.1) is 5.56 Å². The molecule has 4 heteroatoms. The van der Waals surface area contributed by atoms with Crippen molar-refractivity contribution < 1.29 is 17.9 Å². The van der Waals surface area contributed by atoms with E-state index in [0.717, 1.165) is 25.0 Å². The van der Waals surface area contributed by atoms with Gasteiger partial charge in [-0.3, -0.25) is 0 Å². The Labute approximate surface area is 124 Å². The van der Waals surface area contributed by atoms with E-state index >= 15 is 0 Å². The lowest BCUT2D eigenvalue weighted by Crippen LogP contribution is -2.36. The Morgan fingerprint density at radius 3 is 2.24 bits per heavy atom. The standard InChI is InChI=1S/C17H23F3O/c1-11(2)15-9-4-12(3)10-16(15)21-14-7-5-13(6-8-14)17(18,19)20/h5-8,11-12,15-16H,4,9-10H2,1-3H3/t12-,15+,16-/m1/s1. The van der Waals surface area contributed by atoms with Gasteiger partial charge in [0.2, 0.25) is 0 Å². The summed E-state index contributed by atoms with van der Waals surface area (Å²) in [6, 6.07) is 5.04. The quantitative estimate of drug-likeness (QED) is 0.711. The highest BCUT2D eigenvalue weighted by Crippen LogP contribution is 2.36. The molecule has 0 unspecified atom stereocenters. The van der Waals surface area contributed by atoms with Crippen molar-refractivity contribution in [1.29, 1.82) is 0 Å². The second kappa shape index (κ2) is 6.29. The van der Waals surface area contributed by atoms with Crippen LogP contribution in [0.3, 0.4) is 0 Å². The first-order valence-electron chi connectivity index (χ1n) is 7.61. The van der Waals surface area contributed by atoms with Crippen LogP contribution < -0.4 is 4.74 Å². The highest BCUT2D eigenvalue weighted by molar-refractivity contribution is 5.29. The van der Waals surface area contributed by atoms with Crippen LogP contribution in [0.15, 0.2) is 24.3 Å². The summed E-state index contributed by atoms with van der Waals surface area (Å²) in [5.41, 5.74) is -0.632. The Morgan fingerprint density at radius 1 is 1.10 bits per heavy atom. The normalized spacial score (nSPS) is 26.9. The van der Waals surface area contributed by atoms with E-state index in [1.54, 1.807) is 0 Å². The van der Waals surface area contributed by atoms with Crippen molar-refractivity contribution in [2.24, 2.45) is 17.8 Å². The minimum atomic E-state index is -4.29. The van der Waals surface area contributed by atoms with E-state index < -0.39 is 11.7 Å². The minimum Gasteiger partial charge on any atom is -0.490 e. The Hall–Kier alpha value is -1.19.